The van der Waals surface area contributed by atoms with Gasteiger partial charge in [-0.3, -0.25) is 0 Å². The molecule has 65 heavy (non-hydrogen) atoms. The molecular weight excluding hydrogens is 787 g/mol. The highest BCUT2D eigenvalue weighted by molar-refractivity contribution is 6.90. The van der Waals surface area contributed by atoms with Crippen LogP contribution in [0.5, 0.6) is 0 Å². The SMILES string of the molecule is Cc1c2c(cc3cc4ccccc4cc13)B1c3c(cc4oc5ccccc5c4c3-c3cc4ccccc4c4c5ccccc5n1c34)N2c1cc(-c2ccccc2)cc(-c2ccccc2)c1. The van der Waals surface area contributed by atoms with E-state index in [2.05, 4.69) is 223 Å². The summed E-state index contributed by atoms with van der Waals surface area (Å²) in [7, 11) is 0. The van der Waals surface area contributed by atoms with Gasteiger partial charge in [-0.05, 0) is 132 Å². The number of aryl methyl sites for hydroxylation is 1. The first-order valence-electron chi connectivity index (χ1n) is 22.6. The number of furan rings is 1. The Bertz CT molecular complexity index is 4140. The van der Waals surface area contributed by atoms with Gasteiger partial charge in [0.2, 0.25) is 0 Å². The molecule has 0 N–H and O–H groups in total. The molecule has 300 valence electrons. The summed E-state index contributed by atoms with van der Waals surface area (Å²) in [6, 6.07) is 76.4. The van der Waals surface area contributed by atoms with E-state index < -0.39 is 0 Å². The van der Waals surface area contributed by atoms with E-state index in [-0.39, 0.29) is 6.85 Å². The molecule has 0 fully saturated rings. The topological polar surface area (TPSA) is 21.3 Å². The predicted molar refractivity (Wildman–Crippen MR) is 275 cm³/mol. The Morgan fingerprint density at radius 3 is 1.83 bits per heavy atom. The molecule has 0 radical (unpaired) electrons. The Labute approximate surface area is 375 Å². The van der Waals surface area contributed by atoms with E-state index >= 15 is 0 Å². The van der Waals surface area contributed by atoms with Crippen LogP contribution in [0, 0.1) is 6.92 Å². The maximum absolute atomic E-state index is 7.02. The molecule has 0 saturated heterocycles. The zero-order chi connectivity index (χ0) is 42.5. The fraction of sp³-hybridized carbons (Fsp3) is 0.0164. The molecule has 4 heteroatoms. The molecule has 11 aromatic carbocycles. The van der Waals surface area contributed by atoms with Crippen LogP contribution in [0.4, 0.5) is 17.1 Å². The van der Waals surface area contributed by atoms with Crippen LogP contribution in [-0.2, 0) is 0 Å². The molecule has 0 amide bonds. The highest BCUT2D eigenvalue weighted by Crippen LogP contribution is 2.52. The van der Waals surface area contributed by atoms with Crippen LogP contribution in [0.3, 0.4) is 0 Å². The van der Waals surface area contributed by atoms with E-state index in [9.17, 15) is 0 Å². The van der Waals surface area contributed by atoms with Crippen molar-refractivity contribution in [3.63, 3.8) is 0 Å². The maximum atomic E-state index is 7.02. The van der Waals surface area contributed by atoms with E-state index in [0.29, 0.717) is 0 Å². The average Bonchev–Trinajstić information content (AvgIpc) is 3.91. The standard InChI is InChI=1S/C61H37BN2O/c1-36-49-32-40-21-9-8-20-39(40)28-44(49)34-51-60(36)63(45-30-42(37-16-4-2-5-17-37)29-43(31-45)38-18-6-3-7-19-38)53-35-55-57(48-25-13-15-27-54(48)65-55)58-50-33-41-22-10-11-23-46(41)56-47-24-12-14-26-52(47)64(61(50)56)62(51)59(53)58/h2-35H,1H3. The molecule has 15 rings (SSSR count). The van der Waals surface area contributed by atoms with E-state index in [0.717, 1.165) is 27.9 Å². The number of rotatable bonds is 3. The summed E-state index contributed by atoms with van der Waals surface area (Å²) in [5.41, 5.74) is 18.8. The number of fused-ring (bicyclic) bond motifs is 15. The lowest BCUT2D eigenvalue weighted by Gasteiger charge is -2.42. The molecule has 0 saturated carbocycles. The first-order chi connectivity index (χ1) is 32.2. The summed E-state index contributed by atoms with van der Waals surface area (Å²) in [5, 5.41) is 12.4. The van der Waals surface area contributed by atoms with Crippen LogP contribution >= 0.6 is 0 Å². The molecule has 3 nitrogen and oxygen atoms in total. The third kappa shape index (κ3) is 4.75. The van der Waals surface area contributed by atoms with Gasteiger partial charge in [0, 0.05) is 61.3 Å². The first kappa shape index (κ1) is 35.2. The van der Waals surface area contributed by atoms with Gasteiger partial charge in [0.25, 0.3) is 0 Å². The summed E-state index contributed by atoms with van der Waals surface area (Å²) >= 11 is 0. The number of hydrogen-bond donors (Lipinski definition) is 0. The lowest BCUT2D eigenvalue weighted by molar-refractivity contribution is 0.669. The molecule has 4 heterocycles. The van der Waals surface area contributed by atoms with Crippen molar-refractivity contribution in [1.29, 1.82) is 0 Å². The minimum Gasteiger partial charge on any atom is -0.456 e. The molecular formula is C61H37BN2O. The second-order valence-electron chi connectivity index (χ2n) is 18.0. The smallest absolute Gasteiger partial charge is 0.333 e. The summed E-state index contributed by atoms with van der Waals surface area (Å²) in [4.78, 5) is 2.59. The van der Waals surface area contributed by atoms with Gasteiger partial charge in [0.05, 0.1) is 0 Å². The fourth-order valence-electron chi connectivity index (χ4n) is 11.9. The minimum atomic E-state index is -0.138. The summed E-state index contributed by atoms with van der Waals surface area (Å²) in [5.74, 6) is 0. The van der Waals surface area contributed by atoms with Gasteiger partial charge in [-0.1, -0.05) is 152 Å². The number of hydrogen-bond acceptors (Lipinski definition) is 2. The fourth-order valence-corrected chi connectivity index (χ4v) is 11.9. The maximum Gasteiger partial charge on any atom is 0.333 e. The second kappa shape index (κ2) is 12.9. The van der Waals surface area contributed by atoms with Crippen LogP contribution in [0.2, 0.25) is 0 Å². The molecule has 0 bridgehead atoms. The number of benzene rings is 11. The van der Waals surface area contributed by atoms with Gasteiger partial charge >= 0.3 is 6.85 Å². The monoisotopic (exact) mass is 824 g/mol. The van der Waals surface area contributed by atoms with Crippen LogP contribution < -0.4 is 15.8 Å². The number of para-hydroxylation sites is 2. The molecule has 0 spiro atoms. The van der Waals surface area contributed by atoms with Gasteiger partial charge in [0.15, 0.2) is 0 Å². The van der Waals surface area contributed by atoms with Crippen LogP contribution in [0.1, 0.15) is 5.56 Å². The lowest BCUT2D eigenvalue weighted by atomic mass is 9.44. The Balaban J connectivity index is 1.17. The Kier molecular flexibility index (Phi) is 6.96. The summed E-state index contributed by atoms with van der Waals surface area (Å²) < 4.78 is 9.72. The summed E-state index contributed by atoms with van der Waals surface area (Å²) in [6.45, 7) is 2.21. The predicted octanol–water partition coefficient (Wildman–Crippen LogP) is 15.2. The van der Waals surface area contributed by atoms with Crippen molar-refractivity contribution in [2.24, 2.45) is 0 Å². The molecule has 0 aliphatic carbocycles. The van der Waals surface area contributed by atoms with E-state index in [1.807, 2.05) is 0 Å². The third-order valence-corrected chi connectivity index (χ3v) is 14.6. The lowest BCUT2D eigenvalue weighted by Crippen LogP contribution is -2.57. The zero-order valence-corrected chi connectivity index (χ0v) is 35.5. The average molecular weight is 825 g/mol. The number of nitrogens with zero attached hydrogens (tertiary/aromatic N) is 2. The van der Waals surface area contributed by atoms with Gasteiger partial charge in [-0.15, -0.1) is 0 Å². The van der Waals surface area contributed by atoms with Crippen LogP contribution in [-0.4, -0.2) is 11.3 Å². The van der Waals surface area contributed by atoms with Gasteiger partial charge in [0.1, 0.15) is 11.2 Å². The molecule has 0 unspecified atom stereocenters. The Morgan fingerprint density at radius 2 is 1.08 bits per heavy atom. The molecule has 2 aliphatic heterocycles. The van der Waals surface area contributed by atoms with Crippen molar-refractivity contribution >= 4 is 111 Å². The number of aromatic nitrogens is 1. The zero-order valence-electron chi connectivity index (χ0n) is 35.5. The van der Waals surface area contributed by atoms with E-state index in [1.54, 1.807) is 0 Å². The van der Waals surface area contributed by atoms with Crippen molar-refractivity contribution in [3.8, 4) is 33.4 Å². The van der Waals surface area contributed by atoms with Crippen LogP contribution in [0.25, 0.3) is 109 Å². The normalized spacial score (nSPS) is 12.9. The van der Waals surface area contributed by atoms with Crippen molar-refractivity contribution < 1.29 is 4.42 Å². The van der Waals surface area contributed by atoms with E-state index in [1.165, 1.54) is 115 Å². The van der Waals surface area contributed by atoms with Crippen molar-refractivity contribution in [2.45, 2.75) is 6.92 Å². The minimum absolute atomic E-state index is 0.138. The first-order valence-corrected chi connectivity index (χ1v) is 22.6. The highest BCUT2D eigenvalue weighted by atomic mass is 16.3. The van der Waals surface area contributed by atoms with Crippen LogP contribution in [0.15, 0.2) is 211 Å². The number of anilines is 3. The molecule has 13 aromatic rings. The molecule has 2 aliphatic rings. The van der Waals surface area contributed by atoms with Crippen molar-refractivity contribution in [1.82, 2.24) is 4.48 Å². The Morgan fingerprint density at radius 1 is 0.446 bits per heavy atom. The molecule has 0 atom stereocenters. The largest absolute Gasteiger partial charge is 0.456 e. The van der Waals surface area contributed by atoms with Crippen molar-refractivity contribution in [2.75, 3.05) is 4.90 Å². The third-order valence-electron chi connectivity index (χ3n) is 14.6. The molecule has 2 aromatic heterocycles. The van der Waals surface area contributed by atoms with Crippen molar-refractivity contribution in [3.05, 3.63) is 212 Å². The second-order valence-corrected chi connectivity index (χ2v) is 18.0. The van der Waals surface area contributed by atoms with Gasteiger partial charge < -0.3 is 13.8 Å². The highest BCUT2D eigenvalue weighted by Gasteiger charge is 2.45. The summed E-state index contributed by atoms with van der Waals surface area (Å²) in [6.07, 6.45) is 0. The Hall–Kier alpha value is -8.34. The quantitative estimate of drug-likeness (QED) is 0.131. The van der Waals surface area contributed by atoms with Gasteiger partial charge in [-0.2, -0.15) is 0 Å². The van der Waals surface area contributed by atoms with Gasteiger partial charge in [-0.25, -0.2) is 0 Å². The van der Waals surface area contributed by atoms with E-state index in [4.69, 9.17) is 4.42 Å².